The maximum Gasteiger partial charge on any atom is 0.315 e. The Morgan fingerprint density at radius 2 is 2.09 bits per heavy atom. The average Bonchev–Trinajstić information content (AvgIpc) is 2.48. The van der Waals surface area contributed by atoms with Gasteiger partial charge in [-0.1, -0.05) is 12.8 Å². The van der Waals surface area contributed by atoms with Crippen molar-refractivity contribution in [1.82, 2.24) is 10.6 Å². The predicted molar refractivity (Wildman–Crippen MR) is 76.7 cm³/mol. The van der Waals surface area contributed by atoms with Gasteiger partial charge in [0.1, 0.15) is 12.4 Å². The van der Waals surface area contributed by atoms with Gasteiger partial charge in [0, 0.05) is 6.07 Å². The highest BCUT2D eigenvalue weighted by atomic mass is 19.1. The van der Waals surface area contributed by atoms with E-state index >= 15 is 0 Å². The zero-order valence-electron chi connectivity index (χ0n) is 12.1. The Morgan fingerprint density at radius 1 is 1.32 bits per heavy atom. The van der Waals surface area contributed by atoms with E-state index in [0.717, 1.165) is 31.4 Å². The minimum atomic E-state index is -0.783. The molecular formula is C15H20F2N2O3. The summed E-state index contributed by atoms with van der Waals surface area (Å²) in [6.45, 7) is 0.231. The van der Waals surface area contributed by atoms with E-state index in [4.69, 9.17) is 4.74 Å². The molecule has 0 aromatic heterocycles. The van der Waals surface area contributed by atoms with Crippen LogP contribution < -0.4 is 15.4 Å². The molecule has 0 heterocycles. The van der Waals surface area contributed by atoms with E-state index in [1.165, 1.54) is 6.07 Å². The smallest absolute Gasteiger partial charge is 0.315 e. The van der Waals surface area contributed by atoms with Crippen LogP contribution in [0.2, 0.25) is 0 Å². The zero-order chi connectivity index (χ0) is 15.9. The Morgan fingerprint density at radius 3 is 2.82 bits per heavy atom. The number of aliphatic hydroxyl groups excluding tert-OH is 1. The quantitative estimate of drug-likeness (QED) is 0.728. The molecule has 0 bridgehead atoms. The topological polar surface area (TPSA) is 70.6 Å². The molecule has 2 unspecified atom stereocenters. The number of benzene rings is 1. The Labute approximate surface area is 127 Å². The molecule has 7 heteroatoms. The molecule has 0 spiro atoms. The monoisotopic (exact) mass is 314 g/mol. The van der Waals surface area contributed by atoms with Crippen molar-refractivity contribution < 1.29 is 23.4 Å². The third kappa shape index (κ3) is 4.84. The molecule has 1 aliphatic rings. The fourth-order valence-electron chi connectivity index (χ4n) is 2.42. The van der Waals surface area contributed by atoms with Gasteiger partial charge in [-0.15, -0.1) is 0 Å². The van der Waals surface area contributed by atoms with Crippen LogP contribution in [-0.4, -0.2) is 36.4 Å². The summed E-state index contributed by atoms with van der Waals surface area (Å²) < 4.78 is 31.1. The highest BCUT2D eigenvalue weighted by molar-refractivity contribution is 5.74. The molecule has 2 atom stereocenters. The summed E-state index contributed by atoms with van der Waals surface area (Å²) in [4.78, 5) is 11.7. The van der Waals surface area contributed by atoms with Gasteiger partial charge >= 0.3 is 6.03 Å². The molecule has 122 valence electrons. The second kappa shape index (κ2) is 7.93. The van der Waals surface area contributed by atoms with E-state index in [0.29, 0.717) is 6.42 Å². The molecule has 3 N–H and O–H groups in total. The Kier molecular flexibility index (Phi) is 5.94. The van der Waals surface area contributed by atoms with Crippen LogP contribution in [0.25, 0.3) is 0 Å². The molecule has 1 aliphatic carbocycles. The second-order valence-corrected chi connectivity index (χ2v) is 5.28. The van der Waals surface area contributed by atoms with Gasteiger partial charge in [0.15, 0.2) is 11.6 Å². The van der Waals surface area contributed by atoms with Crippen molar-refractivity contribution in [2.24, 2.45) is 0 Å². The highest BCUT2D eigenvalue weighted by Crippen LogP contribution is 2.18. The van der Waals surface area contributed by atoms with Crippen molar-refractivity contribution in [3.05, 3.63) is 29.8 Å². The summed E-state index contributed by atoms with van der Waals surface area (Å²) in [6.07, 6.45) is 2.89. The Balaban J connectivity index is 1.66. The maximum atomic E-state index is 13.3. The lowest BCUT2D eigenvalue weighted by molar-refractivity contribution is 0.0942. The van der Waals surface area contributed by atoms with E-state index in [2.05, 4.69) is 10.6 Å². The van der Waals surface area contributed by atoms with Crippen molar-refractivity contribution in [2.75, 3.05) is 13.2 Å². The fraction of sp³-hybridized carbons (Fsp3) is 0.533. The van der Waals surface area contributed by atoms with Gasteiger partial charge in [-0.05, 0) is 25.0 Å². The molecule has 2 amide bonds. The predicted octanol–water partition coefficient (Wildman–Crippen LogP) is 1.95. The lowest BCUT2D eigenvalue weighted by Crippen LogP contribution is -2.49. The summed E-state index contributed by atoms with van der Waals surface area (Å²) in [5.41, 5.74) is 0. The molecule has 1 fully saturated rings. The van der Waals surface area contributed by atoms with Gasteiger partial charge in [-0.2, -0.15) is 0 Å². The lowest BCUT2D eigenvalue weighted by atomic mass is 9.93. The normalized spacial score (nSPS) is 21.2. The first-order chi connectivity index (χ1) is 10.6. The molecule has 0 aliphatic heterocycles. The molecule has 1 aromatic rings. The number of carbonyl (C=O) groups excluding carboxylic acids is 1. The van der Waals surface area contributed by atoms with Crippen LogP contribution in [-0.2, 0) is 0 Å². The van der Waals surface area contributed by atoms with Crippen molar-refractivity contribution in [3.63, 3.8) is 0 Å². The number of ether oxygens (including phenoxy) is 1. The van der Waals surface area contributed by atoms with Gasteiger partial charge in [0.25, 0.3) is 0 Å². The minimum Gasteiger partial charge on any atom is -0.489 e. The van der Waals surface area contributed by atoms with Crippen LogP contribution in [0.4, 0.5) is 13.6 Å². The van der Waals surface area contributed by atoms with Crippen LogP contribution >= 0.6 is 0 Å². The van der Waals surface area contributed by atoms with E-state index in [1.54, 1.807) is 0 Å². The summed E-state index contributed by atoms with van der Waals surface area (Å²) >= 11 is 0. The summed E-state index contributed by atoms with van der Waals surface area (Å²) in [5, 5.41) is 15.0. The molecule has 1 aromatic carbocycles. The number of aliphatic hydroxyl groups is 1. The van der Waals surface area contributed by atoms with E-state index in [1.807, 2.05) is 0 Å². The first-order valence-electron chi connectivity index (χ1n) is 7.36. The van der Waals surface area contributed by atoms with Crippen LogP contribution in [0.5, 0.6) is 5.75 Å². The van der Waals surface area contributed by atoms with Gasteiger partial charge in [-0.25, -0.2) is 13.6 Å². The molecule has 5 nitrogen and oxygen atoms in total. The summed E-state index contributed by atoms with van der Waals surface area (Å²) in [6, 6.07) is 2.41. The largest absolute Gasteiger partial charge is 0.489 e. The fourth-order valence-corrected chi connectivity index (χ4v) is 2.42. The number of amides is 2. The van der Waals surface area contributed by atoms with Crippen LogP contribution in [0.3, 0.4) is 0 Å². The molecule has 0 radical (unpaired) electrons. The summed E-state index contributed by atoms with van der Waals surface area (Å²) in [7, 11) is 0. The lowest BCUT2D eigenvalue weighted by Gasteiger charge is -2.28. The van der Waals surface area contributed by atoms with E-state index in [9.17, 15) is 18.7 Å². The zero-order valence-corrected chi connectivity index (χ0v) is 12.1. The van der Waals surface area contributed by atoms with Gasteiger partial charge in [-0.3, -0.25) is 0 Å². The first-order valence-corrected chi connectivity index (χ1v) is 7.36. The maximum absolute atomic E-state index is 13.3. The average molecular weight is 314 g/mol. The van der Waals surface area contributed by atoms with Crippen LogP contribution in [0, 0.1) is 11.6 Å². The van der Waals surface area contributed by atoms with E-state index in [-0.39, 0.29) is 24.9 Å². The number of hydrogen-bond acceptors (Lipinski definition) is 3. The van der Waals surface area contributed by atoms with Gasteiger partial charge in [0.2, 0.25) is 0 Å². The standard InChI is InChI=1S/C15H20F2N2O3/c16-10-5-6-14(11(17)9-10)22-8-7-18-15(21)19-12-3-1-2-4-13(12)20/h5-6,9,12-13,20H,1-4,7-8H2,(H2,18,19,21). The molecule has 1 saturated carbocycles. The van der Waals surface area contributed by atoms with Gasteiger partial charge < -0.3 is 20.5 Å². The third-order valence-electron chi connectivity index (χ3n) is 3.59. The first kappa shape index (κ1) is 16.5. The second-order valence-electron chi connectivity index (χ2n) is 5.28. The summed E-state index contributed by atoms with van der Waals surface area (Å²) in [5.74, 6) is -1.52. The molecule has 2 rings (SSSR count). The third-order valence-corrected chi connectivity index (χ3v) is 3.59. The van der Waals surface area contributed by atoms with Crippen LogP contribution in [0.15, 0.2) is 18.2 Å². The van der Waals surface area contributed by atoms with Crippen LogP contribution in [0.1, 0.15) is 25.7 Å². The number of nitrogens with one attached hydrogen (secondary N) is 2. The number of hydrogen-bond donors (Lipinski definition) is 3. The van der Waals surface area contributed by atoms with Crippen molar-refractivity contribution in [1.29, 1.82) is 0 Å². The SMILES string of the molecule is O=C(NCCOc1ccc(F)cc1F)NC1CCCCC1O. The number of halogens is 2. The molecular weight excluding hydrogens is 294 g/mol. The van der Waals surface area contributed by atoms with Gasteiger partial charge in [0.05, 0.1) is 18.7 Å². The Hall–Kier alpha value is -1.89. The van der Waals surface area contributed by atoms with Crippen molar-refractivity contribution >= 4 is 6.03 Å². The molecule has 0 saturated heterocycles. The molecule has 22 heavy (non-hydrogen) atoms. The van der Waals surface area contributed by atoms with Crippen molar-refractivity contribution in [2.45, 2.75) is 37.8 Å². The number of carbonyl (C=O) groups is 1. The number of urea groups is 1. The number of rotatable bonds is 5. The highest BCUT2D eigenvalue weighted by Gasteiger charge is 2.24. The Bertz CT molecular complexity index is 514. The van der Waals surface area contributed by atoms with E-state index < -0.39 is 23.8 Å². The van der Waals surface area contributed by atoms with Crippen molar-refractivity contribution in [3.8, 4) is 5.75 Å². The minimum absolute atomic E-state index is 0.0587.